The molecule has 1 aromatic heterocycles. The predicted molar refractivity (Wildman–Crippen MR) is 83.8 cm³/mol. The van der Waals surface area contributed by atoms with Gasteiger partial charge in [-0.05, 0) is 19.4 Å². The zero-order valence-electron chi connectivity index (χ0n) is 12.9. The Labute approximate surface area is 141 Å². The second kappa shape index (κ2) is 5.51. The lowest BCUT2D eigenvalue weighted by Crippen LogP contribution is -2.45. The number of alkyl halides is 2. The highest BCUT2D eigenvalue weighted by Gasteiger charge is 2.75. The molecule has 0 aromatic carbocycles. The summed E-state index contributed by atoms with van der Waals surface area (Å²) in [4.78, 5) is 25.2. The molecule has 1 aliphatic heterocycles. The van der Waals surface area contributed by atoms with Gasteiger partial charge in [0, 0.05) is 34.5 Å². The molecule has 6 nitrogen and oxygen atoms in total. The average Bonchev–Trinajstić information content (AvgIpc) is 2.92. The Morgan fingerprint density at radius 1 is 1.54 bits per heavy atom. The molecular weight excluding hydrogens is 340 g/mol. The maximum atomic E-state index is 13.5. The summed E-state index contributed by atoms with van der Waals surface area (Å²) in [5.74, 6) is -3.45. The summed E-state index contributed by atoms with van der Waals surface area (Å²) in [6, 6.07) is 0.688. The minimum Gasteiger partial charge on any atom is -0.465 e. The molecule has 2 heterocycles. The van der Waals surface area contributed by atoms with E-state index in [1.54, 1.807) is 18.4 Å². The summed E-state index contributed by atoms with van der Waals surface area (Å²) in [5, 5.41) is 21.1. The van der Waals surface area contributed by atoms with Gasteiger partial charge in [-0.25, -0.2) is 13.6 Å². The molecule has 1 saturated heterocycles. The fourth-order valence-electron chi connectivity index (χ4n) is 3.15. The summed E-state index contributed by atoms with van der Waals surface area (Å²) in [6.45, 7) is 1.54. The molecule has 2 aliphatic rings. The van der Waals surface area contributed by atoms with Crippen LogP contribution in [0.25, 0.3) is 0 Å². The third-order valence-corrected chi connectivity index (χ3v) is 5.65. The van der Waals surface area contributed by atoms with Crippen molar-refractivity contribution in [3.63, 3.8) is 0 Å². The number of halogens is 2. The summed E-state index contributed by atoms with van der Waals surface area (Å²) < 4.78 is 27.1. The van der Waals surface area contributed by atoms with E-state index in [4.69, 9.17) is 5.41 Å². The molecule has 0 unspecified atom stereocenters. The minimum atomic E-state index is -2.89. The van der Waals surface area contributed by atoms with Crippen molar-refractivity contribution in [1.82, 2.24) is 10.2 Å². The van der Waals surface area contributed by atoms with E-state index in [9.17, 15) is 23.5 Å². The highest BCUT2D eigenvalue weighted by atomic mass is 32.1. The van der Waals surface area contributed by atoms with Gasteiger partial charge in [0.05, 0.1) is 12.0 Å². The fraction of sp³-hybridized carbons (Fsp3) is 0.533. The van der Waals surface area contributed by atoms with Crippen LogP contribution >= 0.6 is 11.3 Å². The first-order valence-corrected chi connectivity index (χ1v) is 8.31. The summed E-state index contributed by atoms with van der Waals surface area (Å²) in [5.41, 5.74) is -0.204. The van der Waals surface area contributed by atoms with E-state index in [0.717, 1.165) is 15.3 Å². The highest BCUT2D eigenvalue weighted by Crippen LogP contribution is 2.66. The van der Waals surface area contributed by atoms with Gasteiger partial charge < -0.3 is 15.8 Å². The lowest BCUT2D eigenvalue weighted by molar-refractivity contribution is -0.125. The van der Waals surface area contributed by atoms with E-state index in [2.05, 4.69) is 5.32 Å². The average molecular weight is 357 g/mol. The Morgan fingerprint density at radius 2 is 2.21 bits per heavy atom. The van der Waals surface area contributed by atoms with Crippen molar-refractivity contribution < 1.29 is 23.5 Å². The molecule has 130 valence electrons. The van der Waals surface area contributed by atoms with Crippen LogP contribution < -0.4 is 5.32 Å². The molecule has 0 bridgehead atoms. The van der Waals surface area contributed by atoms with Crippen molar-refractivity contribution in [2.75, 3.05) is 6.54 Å². The molecule has 1 spiro atoms. The van der Waals surface area contributed by atoms with Crippen LogP contribution in [-0.2, 0) is 11.3 Å². The lowest BCUT2D eigenvalue weighted by atomic mass is 10.0. The van der Waals surface area contributed by atoms with Crippen LogP contribution in [0.5, 0.6) is 0 Å². The maximum Gasteiger partial charge on any atom is 0.408 e. The van der Waals surface area contributed by atoms with Crippen LogP contribution in [-0.4, -0.2) is 46.2 Å². The van der Waals surface area contributed by atoms with Crippen molar-refractivity contribution in [3.8, 4) is 0 Å². The number of hydrogen-bond acceptors (Lipinski definition) is 4. The second-order valence-corrected chi connectivity index (χ2v) is 7.43. The number of carboxylic acid groups (broad SMARTS) is 1. The number of nitrogens with zero attached hydrogens (tertiary/aromatic N) is 1. The van der Waals surface area contributed by atoms with E-state index in [1.165, 1.54) is 11.3 Å². The molecule has 1 aliphatic carbocycles. The maximum absolute atomic E-state index is 13.5. The summed E-state index contributed by atoms with van der Waals surface area (Å²) in [7, 11) is 0. The van der Waals surface area contributed by atoms with Gasteiger partial charge in [0.15, 0.2) is 0 Å². The summed E-state index contributed by atoms with van der Waals surface area (Å²) >= 11 is 1.38. The number of hydrogen-bond donors (Lipinski definition) is 3. The van der Waals surface area contributed by atoms with E-state index in [1.807, 2.05) is 0 Å². The molecule has 1 saturated carbocycles. The van der Waals surface area contributed by atoms with Gasteiger partial charge in [-0.2, -0.15) is 0 Å². The number of thiophene rings is 1. The molecule has 1 aromatic rings. The normalized spacial score (nSPS) is 27.3. The molecule has 0 radical (unpaired) electrons. The lowest BCUT2D eigenvalue weighted by Gasteiger charge is -2.20. The topological polar surface area (TPSA) is 93.5 Å². The zero-order valence-corrected chi connectivity index (χ0v) is 13.8. The minimum absolute atomic E-state index is 0.145. The first-order valence-electron chi connectivity index (χ1n) is 7.43. The fourth-order valence-corrected chi connectivity index (χ4v) is 4.03. The van der Waals surface area contributed by atoms with Crippen LogP contribution in [0.3, 0.4) is 0 Å². The quantitative estimate of drug-likeness (QED) is 0.723. The third kappa shape index (κ3) is 2.77. The SMILES string of the molecule is CC(=N)c1csc(CNC(=O)[C@@H]2C[C@]3(CN2C(=O)O)CC3(F)F)c1. The van der Waals surface area contributed by atoms with Crippen molar-refractivity contribution in [2.24, 2.45) is 5.41 Å². The Morgan fingerprint density at radius 3 is 2.71 bits per heavy atom. The number of amides is 2. The number of nitrogens with one attached hydrogen (secondary N) is 2. The van der Waals surface area contributed by atoms with Crippen LogP contribution in [0.4, 0.5) is 13.6 Å². The Bertz CT molecular complexity index is 721. The molecule has 2 amide bonds. The molecule has 24 heavy (non-hydrogen) atoms. The monoisotopic (exact) mass is 357 g/mol. The van der Waals surface area contributed by atoms with E-state index in [0.29, 0.717) is 5.71 Å². The van der Waals surface area contributed by atoms with Gasteiger partial charge in [-0.15, -0.1) is 11.3 Å². The van der Waals surface area contributed by atoms with Crippen molar-refractivity contribution >= 4 is 29.0 Å². The van der Waals surface area contributed by atoms with Crippen LogP contribution in [0.2, 0.25) is 0 Å². The number of rotatable bonds is 4. The van der Waals surface area contributed by atoms with Crippen molar-refractivity contribution in [3.05, 3.63) is 21.9 Å². The largest absolute Gasteiger partial charge is 0.465 e. The van der Waals surface area contributed by atoms with Crippen molar-refractivity contribution in [1.29, 1.82) is 5.41 Å². The van der Waals surface area contributed by atoms with Gasteiger partial charge in [0.25, 0.3) is 5.92 Å². The van der Waals surface area contributed by atoms with E-state index >= 15 is 0 Å². The van der Waals surface area contributed by atoms with E-state index < -0.39 is 29.4 Å². The highest BCUT2D eigenvalue weighted by molar-refractivity contribution is 7.10. The summed E-state index contributed by atoms with van der Waals surface area (Å²) in [6.07, 6.45) is -1.86. The van der Waals surface area contributed by atoms with Crippen LogP contribution in [0.1, 0.15) is 30.2 Å². The molecule has 9 heteroatoms. The van der Waals surface area contributed by atoms with Crippen molar-refractivity contribution in [2.45, 2.75) is 38.3 Å². The standard InChI is InChI=1S/C15H17F2N3O3S/c1-8(18)9-2-10(24-5-9)4-19-12(21)11-3-14(6-15(14,16)17)7-20(11)13(22)23/h2,5,11,18H,3-4,6-7H2,1H3,(H,19,21)(H,22,23)/t11-,14+/m0/s1. The number of carbonyl (C=O) groups is 2. The predicted octanol–water partition coefficient (Wildman–Crippen LogP) is 2.53. The number of likely N-dealkylation sites (tertiary alicyclic amines) is 1. The Balaban J connectivity index is 1.65. The molecule has 3 N–H and O–H groups in total. The number of carbonyl (C=O) groups excluding carboxylic acids is 1. The zero-order chi connectivity index (χ0) is 17.7. The smallest absolute Gasteiger partial charge is 0.408 e. The van der Waals surface area contributed by atoms with Gasteiger partial charge in [-0.1, -0.05) is 0 Å². The van der Waals surface area contributed by atoms with Gasteiger partial charge >= 0.3 is 6.09 Å². The first-order chi connectivity index (χ1) is 11.2. The van der Waals surface area contributed by atoms with Gasteiger partial charge in [0.1, 0.15) is 6.04 Å². The van der Waals surface area contributed by atoms with Crippen LogP contribution in [0.15, 0.2) is 11.4 Å². The third-order valence-electron chi connectivity index (χ3n) is 4.72. The second-order valence-electron chi connectivity index (χ2n) is 6.44. The first kappa shape index (κ1) is 16.8. The molecule has 2 fully saturated rings. The Hall–Kier alpha value is -2.03. The van der Waals surface area contributed by atoms with Gasteiger partial charge in [-0.3, -0.25) is 9.69 Å². The van der Waals surface area contributed by atoms with Gasteiger partial charge in [0.2, 0.25) is 5.91 Å². The Kier molecular flexibility index (Phi) is 3.86. The van der Waals surface area contributed by atoms with E-state index in [-0.39, 0.29) is 25.9 Å². The molecular formula is C15H17F2N3O3S. The molecule has 3 rings (SSSR count). The van der Waals surface area contributed by atoms with Crippen LogP contribution in [0, 0.1) is 10.8 Å². The molecule has 2 atom stereocenters.